The summed E-state index contributed by atoms with van der Waals surface area (Å²) in [6.45, 7) is 4.40. The molecule has 22 heavy (non-hydrogen) atoms. The second-order valence-corrected chi connectivity index (χ2v) is 8.04. The van der Waals surface area contributed by atoms with Crippen molar-refractivity contribution in [3.05, 3.63) is 24.2 Å². The molecule has 1 aliphatic heterocycles. The van der Waals surface area contributed by atoms with E-state index in [2.05, 4.69) is 10.2 Å². The van der Waals surface area contributed by atoms with Crippen LogP contribution in [0.3, 0.4) is 0 Å². The Hall–Kier alpha value is -0.710. The number of carbonyl (C=O) groups excluding carboxylic acids is 1. The average Bonchev–Trinajstić information content (AvgIpc) is 2.86. The monoisotopic (exact) mass is 344 g/mol. The van der Waals surface area contributed by atoms with E-state index in [0.29, 0.717) is 13.0 Å². The summed E-state index contributed by atoms with van der Waals surface area (Å²) in [4.78, 5) is 14.8. The summed E-state index contributed by atoms with van der Waals surface area (Å²) in [7, 11) is 0. The number of hydrogen-bond acceptors (Lipinski definition) is 3. The molecule has 2 heterocycles. The lowest BCUT2D eigenvalue weighted by Gasteiger charge is -2.33. The van der Waals surface area contributed by atoms with Crippen molar-refractivity contribution in [1.82, 2.24) is 10.2 Å². The molecule has 4 nitrogen and oxygen atoms in total. The lowest BCUT2D eigenvalue weighted by molar-refractivity contribution is -0.126. The van der Waals surface area contributed by atoms with Gasteiger partial charge < -0.3 is 9.73 Å². The highest BCUT2D eigenvalue weighted by Gasteiger charge is 2.67. The first kappa shape index (κ1) is 16.2. The van der Waals surface area contributed by atoms with E-state index in [0.717, 1.165) is 18.8 Å². The number of amides is 1. The highest BCUT2D eigenvalue weighted by molar-refractivity contribution is 6.53. The third-order valence-corrected chi connectivity index (χ3v) is 6.02. The Bertz CT molecular complexity index is 526. The number of likely N-dealkylation sites (tertiary alicyclic amines) is 1. The zero-order chi connectivity index (χ0) is 15.8. The minimum atomic E-state index is -0.928. The van der Waals surface area contributed by atoms with Crippen LogP contribution in [-0.2, 0) is 4.79 Å². The van der Waals surface area contributed by atoms with Crippen molar-refractivity contribution in [3.63, 3.8) is 0 Å². The molecule has 0 bridgehead atoms. The third kappa shape index (κ3) is 3.01. The number of alkyl halides is 2. The number of hydrogen-bond donors (Lipinski definition) is 1. The van der Waals surface area contributed by atoms with Gasteiger partial charge in [-0.15, -0.1) is 23.2 Å². The van der Waals surface area contributed by atoms with Crippen molar-refractivity contribution in [3.8, 4) is 0 Å². The summed E-state index contributed by atoms with van der Waals surface area (Å²) in [5.74, 6) is 0.817. The van der Waals surface area contributed by atoms with Crippen molar-refractivity contribution in [2.75, 3.05) is 19.6 Å². The van der Waals surface area contributed by atoms with Gasteiger partial charge in [0.25, 0.3) is 0 Å². The summed E-state index contributed by atoms with van der Waals surface area (Å²) in [5.41, 5.74) is -0.675. The molecule has 1 N–H and O–H groups in total. The van der Waals surface area contributed by atoms with Crippen LogP contribution in [-0.4, -0.2) is 34.8 Å². The number of nitrogens with one attached hydrogen (secondary N) is 1. The van der Waals surface area contributed by atoms with Gasteiger partial charge in [0.15, 0.2) is 0 Å². The van der Waals surface area contributed by atoms with Gasteiger partial charge in [-0.3, -0.25) is 9.69 Å². The average molecular weight is 345 g/mol. The van der Waals surface area contributed by atoms with Crippen molar-refractivity contribution in [1.29, 1.82) is 0 Å². The van der Waals surface area contributed by atoms with Gasteiger partial charge in [-0.25, -0.2) is 0 Å². The Morgan fingerprint density at radius 2 is 2.09 bits per heavy atom. The van der Waals surface area contributed by atoms with Crippen molar-refractivity contribution in [2.24, 2.45) is 5.41 Å². The minimum Gasteiger partial charge on any atom is -0.468 e. The molecule has 1 saturated heterocycles. The molecular formula is C16H22Cl2N2O2. The molecule has 2 unspecified atom stereocenters. The summed E-state index contributed by atoms with van der Waals surface area (Å²) in [5, 5.41) is 3.02. The molecule has 1 aromatic rings. The Labute approximate surface area is 141 Å². The van der Waals surface area contributed by atoms with Gasteiger partial charge in [0.2, 0.25) is 5.91 Å². The van der Waals surface area contributed by atoms with E-state index in [1.807, 2.05) is 19.1 Å². The molecule has 2 aliphatic rings. The maximum absolute atomic E-state index is 12.4. The fraction of sp³-hybridized carbons (Fsp3) is 0.688. The van der Waals surface area contributed by atoms with Crippen LogP contribution in [0.2, 0.25) is 0 Å². The Morgan fingerprint density at radius 1 is 1.41 bits per heavy atom. The predicted molar refractivity (Wildman–Crippen MR) is 87.0 cm³/mol. The Morgan fingerprint density at radius 3 is 2.64 bits per heavy atom. The first-order valence-corrected chi connectivity index (χ1v) is 8.63. The van der Waals surface area contributed by atoms with Crippen LogP contribution in [0.25, 0.3) is 0 Å². The van der Waals surface area contributed by atoms with Crippen LogP contribution in [0, 0.1) is 5.41 Å². The van der Waals surface area contributed by atoms with Crippen molar-refractivity contribution in [2.45, 2.75) is 43.0 Å². The molecule has 122 valence electrons. The molecule has 1 aliphatic carbocycles. The topological polar surface area (TPSA) is 45.5 Å². The number of halogens is 2. The van der Waals surface area contributed by atoms with Gasteiger partial charge in [-0.05, 0) is 51.4 Å². The van der Waals surface area contributed by atoms with E-state index in [1.165, 1.54) is 19.3 Å². The highest BCUT2D eigenvalue weighted by atomic mass is 35.5. The van der Waals surface area contributed by atoms with E-state index < -0.39 is 9.75 Å². The highest BCUT2D eigenvalue weighted by Crippen LogP contribution is 2.63. The normalized spacial score (nSPS) is 29.0. The Kier molecular flexibility index (Phi) is 4.45. The van der Waals surface area contributed by atoms with Gasteiger partial charge in [0.1, 0.15) is 10.1 Å². The molecule has 1 saturated carbocycles. The van der Waals surface area contributed by atoms with Gasteiger partial charge in [-0.1, -0.05) is 6.42 Å². The van der Waals surface area contributed by atoms with Crippen LogP contribution in [0.1, 0.15) is 44.4 Å². The third-order valence-electron chi connectivity index (χ3n) is 4.92. The molecule has 3 rings (SSSR count). The lowest BCUT2D eigenvalue weighted by atomic mass is 10.1. The molecule has 0 aromatic carbocycles. The maximum atomic E-state index is 12.4. The zero-order valence-electron chi connectivity index (χ0n) is 12.8. The number of piperidine rings is 1. The molecule has 1 aromatic heterocycles. The SMILES string of the molecule is CC1(C(=O)NCC(c2ccco2)N2CCCCC2)CC1(Cl)Cl. The Balaban J connectivity index is 1.65. The predicted octanol–water partition coefficient (Wildman–Crippen LogP) is 3.51. The smallest absolute Gasteiger partial charge is 0.229 e. The number of rotatable bonds is 5. The lowest BCUT2D eigenvalue weighted by Crippen LogP contribution is -2.42. The largest absolute Gasteiger partial charge is 0.468 e. The quantitative estimate of drug-likeness (QED) is 0.831. The van der Waals surface area contributed by atoms with E-state index in [4.69, 9.17) is 27.6 Å². The fourth-order valence-corrected chi connectivity index (χ4v) is 3.86. The first-order valence-electron chi connectivity index (χ1n) is 7.88. The summed E-state index contributed by atoms with van der Waals surface area (Å²) >= 11 is 12.2. The summed E-state index contributed by atoms with van der Waals surface area (Å²) in [6.07, 6.45) is 5.83. The van der Waals surface area contributed by atoms with Crippen molar-refractivity contribution >= 4 is 29.1 Å². The van der Waals surface area contributed by atoms with Crippen LogP contribution in [0.5, 0.6) is 0 Å². The molecule has 0 spiro atoms. The second kappa shape index (κ2) is 6.06. The number of nitrogens with zero attached hydrogens (tertiary/aromatic N) is 1. The van der Waals surface area contributed by atoms with Crippen LogP contribution < -0.4 is 5.32 Å². The molecule has 0 radical (unpaired) electrons. The number of furan rings is 1. The molecule has 1 amide bonds. The van der Waals surface area contributed by atoms with E-state index >= 15 is 0 Å². The van der Waals surface area contributed by atoms with Gasteiger partial charge in [0, 0.05) is 6.54 Å². The maximum Gasteiger partial charge on any atom is 0.229 e. The van der Waals surface area contributed by atoms with Gasteiger partial charge in [0.05, 0.1) is 17.7 Å². The standard InChI is InChI=1S/C16H22Cl2N2O2/c1-15(11-16(15,17)18)14(21)19-10-12(13-6-5-9-22-13)20-7-3-2-4-8-20/h5-6,9,12H,2-4,7-8,10-11H2,1H3,(H,19,21). The summed E-state index contributed by atoms with van der Waals surface area (Å²) in [6, 6.07) is 3.93. The van der Waals surface area contributed by atoms with E-state index in [1.54, 1.807) is 6.26 Å². The molecule has 2 atom stereocenters. The molecule has 6 heteroatoms. The summed E-state index contributed by atoms with van der Waals surface area (Å²) < 4.78 is 4.65. The van der Waals surface area contributed by atoms with Gasteiger partial charge >= 0.3 is 0 Å². The fourth-order valence-electron chi connectivity index (χ4n) is 3.15. The zero-order valence-corrected chi connectivity index (χ0v) is 14.3. The van der Waals surface area contributed by atoms with Gasteiger partial charge in [-0.2, -0.15) is 0 Å². The van der Waals surface area contributed by atoms with E-state index in [9.17, 15) is 4.79 Å². The molecule has 2 fully saturated rings. The second-order valence-electron chi connectivity index (χ2n) is 6.55. The van der Waals surface area contributed by atoms with Crippen LogP contribution in [0.4, 0.5) is 0 Å². The minimum absolute atomic E-state index is 0.0710. The first-order chi connectivity index (χ1) is 10.4. The van der Waals surface area contributed by atoms with Crippen LogP contribution >= 0.6 is 23.2 Å². The molecular weight excluding hydrogens is 323 g/mol. The number of carbonyl (C=O) groups is 1. The van der Waals surface area contributed by atoms with Crippen molar-refractivity contribution < 1.29 is 9.21 Å². The van der Waals surface area contributed by atoms with Crippen LogP contribution in [0.15, 0.2) is 22.8 Å². The van der Waals surface area contributed by atoms with E-state index in [-0.39, 0.29) is 11.9 Å².